The summed E-state index contributed by atoms with van der Waals surface area (Å²) in [7, 11) is -3.68. The molecule has 0 spiro atoms. The molecule has 0 amide bonds. The third-order valence-corrected chi connectivity index (χ3v) is 6.85. The van der Waals surface area contributed by atoms with Crippen molar-refractivity contribution in [2.45, 2.75) is 18.0 Å². The minimum atomic E-state index is -3.68. The summed E-state index contributed by atoms with van der Waals surface area (Å²) < 4.78 is 44.0. The highest BCUT2D eigenvalue weighted by Crippen LogP contribution is 2.35. The van der Waals surface area contributed by atoms with E-state index < -0.39 is 10.0 Å². The second-order valence-corrected chi connectivity index (χ2v) is 8.76. The smallest absolute Gasteiger partial charge is 0.243 e. The molecule has 1 saturated heterocycles. The van der Waals surface area contributed by atoms with Crippen LogP contribution in [0.3, 0.4) is 0 Å². The number of morpholine rings is 1. The summed E-state index contributed by atoms with van der Waals surface area (Å²) in [6.45, 7) is 4.11. The van der Waals surface area contributed by atoms with Gasteiger partial charge in [-0.3, -0.25) is 0 Å². The Hall–Kier alpha value is -2.43. The van der Waals surface area contributed by atoms with Crippen LogP contribution in [0.15, 0.2) is 29.3 Å². The topological polar surface area (TPSA) is 94.1 Å². The van der Waals surface area contributed by atoms with E-state index >= 15 is 0 Å². The molecule has 148 valence electrons. The molecule has 0 atom stereocenters. The molecule has 28 heavy (non-hydrogen) atoms. The van der Waals surface area contributed by atoms with Gasteiger partial charge >= 0.3 is 0 Å². The lowest BCUT2D eigenvalue weighted by Crippen LogP contribution is -2.37. The van der Waals surface area contributed by atoms with Gasteiger partial charge in [0.15, 0.2) is 11.5 Å². The van der Waals surface area contributed by atoms with Crippen molar-refractivity contribution < 1.29 is 22.6 Å². The average molecular weight is 404 g/mol. The van der Waals surface area contributed by atoms with Crippen LogP contribution in [0.25, 0.3) is 0 Å². The first-order valence-electron chi connectivity index (χ1n) is 9.18. The van der Waals surface area contributed by atoms with Gasteiger partial charge in [-0.1, -0.05) is 0 Å². The zero-order valence-electron chi connectivity index (χ0n) is 15.2. The standard InChI is InChI=1S/C18H20N4O5S/c23-28(24,14-1-2-16-17(9-14)27-8-7-26-16)22-11-13-10-19-18(20-15(13)12-22)21-3-5-25-6-4-21/h1-2,9-10H,3-8,11-12H2. The van der Waals surface area contributed by atoms with E-state index in [0.717, 1.165) is 24.3 Å². The molecule has 0 radical (unpaired) electrons. The molecule has 1 aromatic carbocycles. The first-order chi connectivity index (χ1) is 13.6. The maximum atomic E-state index is 13.1. The van der Waals surface area contributed by atoms with Crippen molar-refractivity contribution >= 4 is 16.0 Å². The molecule has 3 aliphatic rings. The van der Waals surface area contributed by atoms with Crippen LogP contribution in [0.2, 0.25) is 0 Å². The van der Waals surface area contributed by atoms with Gasteiger partial charge in [0, 0.05) is 37.5 Å². The van der Waals surface area contributed by atoms with E-state index in [-0.39, 0.29) is 18.0 Å². The Balaban J connectivity index is 1.39. The monoisotopic (exact) mass is 404 g/mol. The van der Waals surface area contributed by atoms with Gasteiger partial charge in [-0.05, 0) is 12.1 Å². The van der Waals surface area contributed by atoms with Crippen LogP contribution in [0, 0.1) is 0 Å². The quantitative estimate of drug-likeness (QED) is 0.741. The molecule has 0 bridgehead atoms. The number of fused-ring (bicyclic) bond motifs is 2. The van der Waals surface area contributed by atoms with E-state index in [1.165, 1.54) is 10.4 Å². The second kappa shape index (κ2) is 6.87. The van der Waals surface area contributed by atoms with E-state index in [0.29, 0.717) is 43.9 Å². The minimum Gasteiger partial charge on any atom is -0.486 e. The van der Waals surface area contributed by atoms with Gasteiger partial charge in [0.25, 0.3) is 0 Å². The summed E-state index contributed by atoms with van der Waals surface area (Å²) in [6.07, 6.45) is 1.73. The van der Waals surface area contributed by atoms with Crippen LogP contribution in [0.5, 0.6) is 11.5 Å². The number of hydrogen-bond acceptors (Lipinski definition) is 8. The first-order valence-corrected chi connectivity index (χ1v) is 10.6. The third-order valence-electron chi connectivity index (χ3n) is 5.06. The van der Waals surface area contributed by atoms with E-state index in [1.54, 1.807) is 18.3 Å². The number of nitrogens with zero attached hydrogens (tertiary/aromatic N) is 4. The minimum absolute atomic E-state index is 0.186. The molecule has 0 N–H and O–H groups in total. The van der Waals surface area contributed by atoms with Crippen LogP contribution in [0.4, 0.5) is 5.95 Å². The molecule has 0 saturated carbocycles. The summed E-state index contributed by atoms with van der Waals surface area (Å²) in [5.41, 5.74) is 1.58. The molecule has 3 aliphatic heterocycles. The highest BCUT2D eigenvalue weighted by molar-refractivity contribution is 7.89. The number of ether oxygens (including phenoxy) is 3. The Morgan fingerprint density at radius 3 is 2.57 bits per heavy atom. The molecule has 10 heteroatoms. The summed E-state index contributed by atoms with van der Waals surface area (Å²) in [4.78, 5) is 11.3. The van der Waals surface area contributed by atoms with E-state index in [2.05, 4.69) is 14.9 Å². The lowest BCUT2D eigenvalue weighted by atomic mass is 10.3. The van der Waals surface area contributed by atoms with Crippen molar-refractivity contribution in [1.82, 2.24) is 14.3 Å². The molecule has 9 nitrogen and oxygen atoms in total. The van der Waals surface area contributed by atoms with E-state index in [9.17, 15) is 8.42 Å². The maximum absolute atomic E-state index is 13.1. The zero-order valence-corrected chi connectivity index (χ0v) is 16.0. The van der Waals surface area contributed by atoms with Crippen molar-refractivity contribution in [1.29, 1.82) is 0 Å². The van der Waals surface area contributed by atoms with Crippen LogP contribution in [0.1, 0.15) is 11.3 Å². The van der Waals surface area contributed by atoms with Gasteiger partial charge in [-0.25, -0.2) is 18.4 Å². The van der Waals surface area contributed by atoms with Crippen molar-refractivity contribution in [3.8, 4) is 11.5 Å². The summed E-state index contributed by atoms with van der Waals surface area (Å²) in [6, 6.07) is 4.72. The number of aromatic nitrogens is 2. The molecule has 1 fully saturated rings. The molecule has 1 aromatic heterocycles. The number of benzene rings is 1. The normalized spacial score (nSPS) is 19.5. The Labute approximate surface area is 162 Å². The average Bonchev–Trinajstić information content (AvgIpc) is 3.18. The predicted molar refractivity (Wildman–Crippen MR) is 98.9 cm³/mol. The SMILES string of the molecule is O=S(=O)(c1ccc2c(c1)OCCO2)N1Cc2cnc(N3CCOCC3)nc2C1. The Kier molecular flexibility index (Phi) is 4.33. The third kappa shape index (κ3) is 3.07. The second-order valence-electron chi connectivity index (χ2n) is 6.82. The van der Waals surface area contributed by atoms with Gasteiger partial charge in [-0.15, -0.1) is 0 Å². The number of sulfonamides is 1. The lowest BCUT2D eigenvalue weighted by Gasteiger charge is -2.26. The predicted octanol–water partition coefficient (Wildman–Crippen LogP) is 0.789. The molecule has 2 aromatic rings. The summed E-state index contributed by atoms with van der Waals surface area (Å²) in [5, 5.41) is 0. The Bertz CT molecular complexity index is 1010. The first kappa shape index (κ1) is 17.7. The largest absolute Gasteiger partial charge is 0.486 e. The number of anilines is 1. The van der Waals surface area contributed by atoms with Gasteiger partial charge in [0.1, 0.15) is 13.2 Å². The fraction of sp³-hybridized carbons (Fsp3) is 0.444. The van der Waals surface area contributed by atoms with Crippen LogP contribution in [-0.2, 0) is 27.8 Å². The highest BCUT2D eigenvalue weighted by Gasteiger charge is 2.33. The Morgan fingerprint density at radius 2 is 1.75 bits per heavy atom. The van der Waals surface area contributed by atoms with Crippen molar-refractivity contribution in [2.75, 3.05) is 44.4 Å². The molecule has 0 unspecified atom stereocenters. The van der Waals surface area contributed by atoms with Crippen LogP contribution in [-0.4, -0.2) is 62.2 Å². The summed E-state index contributed by atoms with van der Waals surface area (Å²) >= 11 is 0. The molecule has 0 aliphatic carbocycles. The summed E-state index contributed by atoms with van der Waals surface area (Å²) in [5.74, 6) is 1.65. The van der Waals surface area contributed by atoms with Crippen molar-refractivity contribution in [2.24, 2.45) is 0 Å². The van der Waals surface area contributed by atoms with E-state index in [4.69, 9.17) is 14.2 Å². The fourth-order valence-corrected chi connectivity index (χ4v) is 4.93. The van der Waals surface area contributed by atoms with Gasteiger partial charge in [0.05, 0.1) is 30.3 Å². The van der Waals surface area contributed by atoms with Gasteiger partial charge in [-0.2, -0.15) is 4.31 Å². The molecular formula is C18H20N4O5S. The Morgan fingerprint density at radius 1 is 0.964 bits per heavy atom. The fourth-order valence-electron chi connectivity index (χ4n) is 3.53. The van der Waals surface area contributed by atoms with Gasteiger partial charge in [0.2, 0.25) is 16.0 Å². The lowest BCUT2D eigenvalue weighted by molar-refractivity contribution is 0.122. The van der Waals surface area contributed by atoms with Crippen LogP contribution >= 0.6 is 0 Å². The van der Waals surface area contributed by atoms with E-state index in [1.807, 2.05) is 0 Å². The highest BCUT2D eigenvalue weighted by atomic mass is 32.2. The molecule has 4 heterocycles. The number of hydrogen-bond donors (Lipinski definition) is 0. The molecular weight excluding hydrogens is 384 g/mol. The van der Waals surface area contributed by atoms with Crippen molar-refractivity contribution in [3.63, 3.8) is 0 Å². The molecule has 5 rings (SSSR count). The van der Waals surface area contributed by atoms with Crippen molar-refractivity contribution in [3.05, 3.63) is 35.7 Å². The van der Waals surface area contributed by atoms with Crippen LogP contribution < -0.4 is 14.4 Å². The number of rotatable bonds is 3. The maximum Gasteiger partial charge on any atom is 0.243 e. The van der Waals surface area contributed by atoms with Gasteiger partial charge < -0.3 is 19.1 Å². The zero-order chi connectivity index (χ0) is 19.1.